The third-order valence-corrected chi connectivity index (χ3v) is 6.51. The fraction of sp³-hybridized carbons (Fsp3) is 0.647. The molecule has 1 saturated heterocycles. The van der Waals surface area contributed by atoms with Crippen LogP contribution in [0.1, 0.15) is 37.1 Å². The molecule has 2 aliphatic heterocycles. The first-order valence-electron chi connectivity index (χ1n) is 8.30. The van der Waals surface area contributed by atoms with E-state index in [-0.39, 0.29) is 11.6 Å². The van der Waals surface area contributed by atoms with E-state index in [1.54, 1.807) is 6.07 Å². The van der Waals surface area contributed by atoms with Gasteiger partial charge in [-0.15, -0.1) is 0 Å². The first-order valence-corrected chi connectivity index (χ1v) is 9.81. The van der Waals surface area contributed by atoms with Gasteiger partial charge in [0.2, 0.25) is 0 Å². The molecule has 1 fully saturated rings. The summed E-state index contributed by atoms with van der Waals surface area (Å²) in [6.45, 7) is 9.68. The maximum Gasteiger partial charge on any atom is 0.271 e. The Bertz CT molecular complexity index is 724. The normalized spacial score (nSPS) is 26.0. The Morgan fingerprint density at radius 3 is 2.46 bits per heavy atom. The van der Waals surface area contributed by atoms with Gasteiger partial charge in [-0.05, 0) is 31.7 Å². The number of likely N-dealkylation sites (N-methyl/N-ethyl adjacent to an activating group) is 1. The second-order valence-electron chi connectivity index (χ2n) is 7.44. The van der Waals surface area contributed by atoms with E-state index in [1.807, 2.05) is 12.1 Å². The lowest BCUT2D eigenvalue weighted by Gasteiger charge is -2.40. The van der Waals surface area contributed by atoms with Crippen LogP contribution in [0.4, 0.5) is 0 Å². The largest absolute Gasteiger partial charge is 0.474 e. The molecular formula is C17H26N2O4S. The van der Waals surface area contributed by atoms with Gasteiger partial charge in [0.1, 0.15) is 11.0 Å². The standard InChI is InChI=1S/C17H26N2O4S/c1-12(24(20,21)22)13-5-6-15-14(11-13)17(2,3)16(23-15)19-9-7-18(4)8-10-19/h5-6,11-12,16H,7-10H2,1-4H3,(H,20,21,22). The average molecular weight is 354 g/mol. The third kappa shape index (κ3) is 3.06. The molecule has 2 heterocycles. The smallest absolute Gasteiger partial charge is 0.271 e. The van der Waals surface area contributed by atoms with Gasteiger partial charge < -0.3 is 9.64 Å². The molecule has 0 amide bonds. The van der Waals surface area contributed by atoms with Crippen molar-refractivity contribution in [1.29, 1.82) is 0 Å². The number of rotatable bonds is 3. The SMILES string of the molecule is CC(c1ccc2c(c1)C(C)(C)C(N1CCN(C)CC1)O2)S(=O)(=O)O. The molecule has 7 heteroatoms. The lowest BCUT2D eigenvalue weighted by molar-refractivity contribution is -0.0257. The first kappa shape index (κ1) is 17.7. The van der Waals surface area contributed by atoms with Crippen LogP contribution < -0.4 is 4.74 Å². The summed E-state index contributed by atoms with van der Waals surface area (Å²) >= 11 is 0. The van der Waals surface area contributed by atoms with Crippen molar-refractivity contribution in [3.63, 3.8) is 0 Å². The van der Waals surface area contributed by atoms with E-state index < -0.39 is 15.4 Å². The molecule has 0 radical (unpaired) electrons. The lowest BCUT2D eigenvalue weighted by atomic mass is 9.82. The molecule has 0 spiro atoms. The van der Waals surface area contributed by atoms with Gasteiger partial charge in [0.15, 0.2) is 6.23 Å². The van der Waals surface area contributed by atoms with Crippen molar-refractivity contribution in [1.82, 2.24) is 9.80 Å². The average Bonchev–Trinajstić information content (AvgIpc) is 2.77. The Labute approximate surface area is 144 Å². The van der Waals surface area contributed by atoms with Gasteiger partial charge in [0.25, 0.3) is 10.1 Å². The molecule has 1 N–H and O–H groups in total. The van der Waals surface area contributed by atoms with Crippen molar-refractivity contribution >= 4 is 10.1 Å². The number of nitrogens with zero attached hydrogens (tertiary/aromatic N) is 2. The minimum atomic E-state index is -4.11. The summed E-state index contributed by atoms with van der Waals surface area (Å²) in [5, 5.41) is -0.943. The van der Waals surface area contributed by atoms with Crippen LogP contribution in [0.3, 0.4) is 0 Å². The summed E-state index contributed by atoms with van der Waals surface area (Å²) in [5.74, 6) is 0.801. The van der Waals surface area contributed by atoms with Crippen molar-refractivity contribution < 1.29 is 17.7 Å². The minimum absolute atomic E-state index is 0.0579. The molecular weight excluding hydrogens is 328 g/mol. The van der Waals surface area contributed by atoms with Crippen molar-refractivity contribution in [3.8, 4) is 5.75 Å². The van der Waals surface area contributed by atoms with Crippen LogP contribution in [0.2, 0.25) is 0 Å². The van der Waals surface area contributed by atoms with Crippen LogP contribution in [0.5, 0.6) is 5.75 Å². The van der Waals surface area contributed by atoms with Crippen LogP contribution in [0, 0.1) is 0 Å². The summed E-state index contributed by atoms with van der Waals surface area (Å²) in [6, 6.07) is 5.41. The molecule has 0 bridgehead atoms. The number of fused-ring (bicyclic) bond motifs is 1. The van der Waals surface area contributed by atoms with Gasteiger partial charge in [-0.25, -0.2) is 0 Å². The molecule has 2 aliphatic rings. The van der Waals surface area contributed by atoms with Crippen molar-refractivity contribution in [2.45, 2.75) is 37.7 Å². The van der Waals surface area contributed by atoms with Gasteiger partial charge in [-0.1, -0.05) is 19.9 Å². The summed E-state index contributed by atoms with van der Waals surface area (Å²) in [7, 11) is -1.99. The highest BCUT2D eigenvalue weighted by Crippen LogP contribution is 2.45. The molecule has 6 nitrogen and oxygen atoms in total. The number of ether oxygens (including phenoxy) is 1. The molecule has 0 aliphatic carbocycles. The van der Waals surface area contributed by atoms with E-state index in [9.17, 15) is 13.0 Å². The molecule has 1 aromatic carbocycles. The van der Waals surface area contributed by atoms with Crippen LogP contribution in [-0.2, 0) is 15.5 Å². The van der Waals surface area contributed by atoms with E-state index in [0.29, 0.717) is 5.56 Å². The predicted octanol–water partition coefficient (Wildman–Crippen LogP) is 1.88. The van der Waals surface area contributed by atoms with E-state index in [4.69, 9.17) is 4.74 Å². The fourth-order valence-electron chi connectivity index (χ4n) is 3.57. The van der Waals surface area contributed by atoms with Gasteiger partial charge in [0, 0.05) is 37.2 Å². The van der Waals surface area contributed by atoms with Crippen molar-refractivity contribution in [2.75, 3.05) is 33.2 Å². The molecule has 134 valence electrons. The molecule has 2 atom stereocenters. The Morgan fingerprint density at radius 1 is 1.25 bits per heavy atom. The van der Waals surface area contributed by atoms with E-state index in [0.717, 1.165) is 37.5 Å². The number of hydrogen-bond donors (Lipinski definition) is 1. The first-order chi connectivity index (χ1) is 11.1. The van der Waals surface area contributed by atoms with Gasteiger partial charge in [-0.2, -0.15) is 8.42 Å². The van der Waals surface area contributed by atoms with Crippen LogP contribution in [0.25, 0.3) is 0 Å². The van der Waals surface area contributed by atoms with Crippen LogP contribution in [0.15, 0.2) is 18.2 Å². The third-order valence-electron chi connectivity index (χ3n) is 5.34. The van der Waals surface area contributed by atoms with E-state index >= 15 is 0 Å². The molecule has 1 aromatic rings. The molecule has 24 heavy (non-hydrogen) atoms. The molecule has 0 aromatic heterocycles. The Morgan fingerprint density at radius 2 is 1.88 bits per heavy atom. The van der Waals surface area contributed by atoms with Crippen molar-refractivity contribution in [2.24, 2.45) is 0 Å². The van der Waals surface area contributed by atoms with Gasteiger partial charge in [-0.3, -0.25) is 9.45 Å². The fourth-order valence-corrected chi connectivity index (χ4v) is 4.06. The molecule has 2 unspecified atom stereocenters. The summed E-state index contributed by atoms with van der Waals surface area (Å²) < 4.78 is 38.4. The predicted molar refractivity (Wildman–Crippen MR) is 92.9 cm³/mol. The van der Waals surface area contributed by atoms with Gasteiger partial charge >= 0.3 is 0 Å². The zero-order valence-electron chi connectivity index (χ0n) is 14.7. The lowest BCUT2D eigenvalue weighted by Crippen LogP contribution is -2.55. The maximum absolute atomic E-state index is 11.4. The highest BCUT2D eigenvalue weighted by molar-refractivity contribution is 7.86. The summed E-state index contributed by atoms with van der Waals surface area (Å²) in [6.07, 6.45) is -0.0579. The highest BCUT2D eigenvalue weighted by atomic mass is 32.2. The van der Waals surface area contributed by atoms with E-state index in [2.05, 4.69) is 30.7 Å². The zero-order valence-corrected chi connectivity index (χ0v) is 15.5. The van der Waals surface area contributed by atoms with Crippen LogP contribution in [-0.4, -0.2) is 62.2 Å². The molecule has 3 rings (SSSR count). The highest BCUT2D eigenvalue weighted by Gasteiger charge is 2.45. The maximum atomic E-state index is 11.4. The number of benzene rings is 1. The number of piperazine rings is 1. The Balaban J connectivity index is 1.90. The zero-order chi connectivity index (χ0) is 17.7. The second-order valence-corrected chi connectivity index (χ2v) is 9.18. The monoisotopic (exact) mass is 354 g/mol. The topological polar surface area (TPSA) is 70.1 Å². The number of hydrogen-bond acceptors (Lipinski definition) is 5. The van der Waals surface area contributed by atoms with Crippen molar-refractivity contribution in [3.05, 3.63) is 29.3 Å². The Hall–Kier alpha value is -1.15. The van der Waals surface area contributed by atoms with Gasteiger partial charge in [0.05, 0.1) is 0 Å². The van der Waals surface area contributed by atoms with E-state index in [1.165, 1.54) is 6.92 Å². The minimum Gasteiger partial charge on any atom is -0.474 e. The molecule has 0 saturated carbocycles. The quantitative estimate of drug-likeness (QED) is 0.836. The van der Waals surface area contributed by atoms with Crippen LogP contribution >= 0.6 is 0 Å². The summed E-state index contributed by atoms with van der Waals surface area (Å²) in [5.41, 5.74) is 1.34. The second kappa shape index (κ2) is 5.98. The summed E-state index contributed by atoms with van der Waals surface area (Å²) in [4.78, 5) is 4.66. The Kier molecular flexibility index (Phi) is 4.40.